The molecule has 9 heteroatoms. The number of sulfonamides is 1. The Kier molecular flexibility index (Phi) is 4.24. The summed E-state index contributed by atoms with van der Waals surface area (Å²) in [6.07, 6.45) is 0.921. The predicted octanol–water partition coefficient (Wildman–Crippen LogP) is 1.08. The number of hydrogen-bond donors (Lipinski definition) is 1. The Balaban J connectivity index is 2.24. The van der Waals surface area contributed by atoms with Crippen molar-refractivity contribution in [2.24, 2.45) is 5.92 Å². The molecule has 1 fully saturated rings. The lowest BCUT2D eigenvalue weighted by atomic mass is 10.0. The molecule has 1 aliphatic rings. The van der Waals surface area contributed by atoms with Crippen molar-refractivity contribution in [1.29, 1.82) is 0 Å². The van der Waals surface area contributed by atoms with E-state index in [0.717, 1.165) is 28.6 Å². The Morgan fingerprint density at radius 1 is 1.33 bits per heavy atom. The van der Waals surface area contributed by atoms with Crippen molar-refractivity contribution in [2.75, 3.05) is 13.1 Å². The molecule has 1 saturated heterocycles. The first-order valence-corrected chi connectivity index (χ1v) is 7.74. The van der Waals surface area contributed by atoms with Crippen LogP contribution in [0.1, 0.15) is 12.8 Å². The molecular weight excluding hydrogens is 300 g/mol. The molecule has 0 amide bonds. The number of nitro groups is 1. The Labute approximate surface area is 121 Å². The highest BCUT2D eigenvalue weighted by Crippen LogP contribution is 2.25. The minimum Gasteiger partial charge on any atom is -0.481 e. The van der Waals surface area contributed by atoms with Crippen LogP contribution in [0.15, 0.2) is 29.2 Å². The van der Waals surface area contributed by atoms with Crippen molar-refractivity contribution in [3.8, 4) is 0 Å². The van der Waals surface area contributed by atoms with Gasteiger partial charge in [-0.15, -0.1) is 0 Å². The molecule has 0 radical (unpaired) electrons. The Morgan fingerprint density at radius 2 is 1.95 bits per heavy atom. The van der Waals surface area contributed by atoms with Crippen LogP contribution in [-0.4, -0.2) is 41.8 Å². The molecule has 2 rings (SSSR count). The highest BCUT2D eigenvalue weighted by molar-refractivity contribution is 7.89. The van der Waals surface area contributed by atoms with E-state index in [9.17, 15) is 23.3 Å². The van der Waals surface area contributed by atoms with Crippen LogP contribution < -0.4 is 0 Å². The molecule has 0 saturated carbocycles. The van der Waals surface area contributed by atoms with E-state index < -0.39 is 26.8 Å². The van der Waals surface area contributed by atoms with Crippen molar-refractivity contribution < 1.29 is 23.2 Å². The molecule has 1 aliphatic heterocycles. The zero-order valence-electron chi connectivity index (χ0n) is 11.0. The number of nitrogens with zero attached hydrogens (tertiary/aromatic N) is 2. The topological polar surface area (TPSA) is 118 Å². The highest BCUT2D eigenvalue weighted by Gasteiger charge is 2.33. The maximum Gasteiger partial charge on any atom is 0.307 e. The van der Waals surface area contributed by atoms with Crippen molar-refractivity contribution in [2.45, 2.75) is 17.7 Å². The molecule has 1 heterocycles. The summed E-state index contributed by atoms with van der Waals surface area (Å²) in [5.41, 5.74) is -0.198. The van der Waals surface area contributed by atoms with E-state index in [-0.39, 0.29) is 23.7 Å². The maximum atomic E-state index is 12.4. The minimum absolute atomic E-state index is 0.0702. The standard InChI is InChI=1S/C12H14N2O6S/c15-12(16)9-2-1-7-13(8-9)21(19,20)11-5-3-10(4-6-11)14(17)18/h3-6,9H,1-2,7-8H2,(H,15,16)/t9-/m0/s1. The van der Waals surface area contributed by atoms with E-state index in [2.05, 4.69) is 0 Å². The summed E-state index contributed by atoms with van der Waals surface area (Å²) >= 11 is 0. The van der Waals surface area contributed by atoms with Crippen LogP contribution in [0, 0.1) is 16.0 Å². The third-order valence-electron chi connectivity index (χ3n) is 3.42. The van der Waals surface area contributed by atoms with Gasteiger partial charge in [0.25, 0.3) is 5.69 Å². The number of non-ortho nitro benzene ring substituents is 1. The molecule has 8 nitrogen and oxygen atoms in total. The van der Waals surface area contributed by atoms with E-state index >= 15 is 0 Å². The Hall–Kier alpha value is -2.00. The first-order valence-electron chi connectivity index (χ1n) is 6.30. The molecule has 0 aliphatic carbocycles. The summed E-state index contributed by atoms with van der Waals surface area (Å²) in [6, 6.07) is 4.56. The summed E-state index contributed by atoms with van der Waals surface area (Å²) in [7, 11) is -3.82. The number of carbonyl (C=O) groups is 1. The Morgan fingerprint density at radius 3 is 2.48 bits per heavy atom. The van der Waals surface area contributed by atoms with Gasteiger partial charge in [-0.1, -0.05) is 0 Å². The van der Waals surface area contributed by atoms with Crippen LogP contribution in [0.25, 0.3) is 0 Å². The number of hydrogen-bond acceptors (Lipinski definition) is 5. The molecule has 114 valence electrons. The molecule has 21 heavy (non-hydrogen) atoms. The number of benzene rings is 1. The number of aliphatic carboxylic acids is 1. The van der Waals surface area contributed by atoms with Crippen LogP contribution in [0.2, 0.25) is 0 Å². The molecular formula is C12H14N2O6S. The molecule has 1 N–H and O–H groups in total. The van der Waals surface area contributed by atoms with Crippen LogP contribution in [0.4, 0.5) is 5.69 Å². The second-order valence-corrected chi connectivity index (χ2v) is 6.73. The average Bonchev–Trinajstić information content (AvgIpc) is 2.47. The van der Waals surface area contributed by atoms with Gasteiger partial charge in [0.2, 0.25) is 10.0 Å². The van der Waals surface area contributed by atoms with Gasteiger partial charge in [-0.3, -0.25) is 14.9 Å². The average molecular weight is 314 g/mol. The minimum atomic E-state index is -3.82. The zero-order chi connectivity index (χ0) is 15.6. The van der Waals surface area contributed by atoms with Crippen LogP contribution in [0.5, 0.6) is 0 Å². The normalized spacial score (nSPS) is 20.1. The van der Waals surface area contributed by atoms with Gasteiger partial charge in [0.05, 0.1) is 15.7 Å². The smallest absolute Gasteiger partial charge is 0.307 e. The van der Waals surface area contributed by atoms with Crippen molar-refractivity contribution in [1.82, 2.24) is 4.31 Å². The fraction of sp³-hybridized carbons (Fsp3) is 0.417. The lowest BCUT2D eigenvalue weighted by Crippen LogP contribution is -2.42. The monoisotopic (exact) mass is 314 g/mol. The molecule has 0 unspecified atom stereocenters. The summed E-state index contributed by atoms with van der Waals surface area (Å²) in [5, 5.41) is 19.6. The second-order valence-electron chi connectivity index (χ2n) is 4.79. The van der Waals surface area contributed by atoms with E-state index in [4.69, 9.17) is 5.11 Å². The first-order chi connectivity index (χ1) is 9.82. The van der Waals surface area contributed by atoms with Gasteiger partial charge in [-0.2, -0.15) is 4.31 Å². The second kappa shape index (κ2) is 5.78. The molecule has 1 atom stereocenters. The van der Waals surface area contributed by atoms with Crippen LogP contribution in [-0.2, 0) is 14.8 Å². The van der Waals surface area contributed by atoms with Crippen molar-refractivity contribution >= 4 is 21.7 Å². The SMILES string of the molecule is O=C(O)[C@H]1CCCN(S(=O)(=O)c2ccc([N+](=O)[O-])cc2)C1. The lowest BCUT2D eigenvalue weighted by molar-refractivity contribution is -0.384. The van der Waals surface area contributed by atoms with Crippen LogP contribution in [0.3, 0.4) is 0 Å². The summed E-state index contributed by atoms with van der Waals surface area (Å²) in [5.74, 6) is -1.73. The highest BCUT2D eigenvalue weighted by atomic mass is 32.2. The van der Waals surface area contributed by atoms with Gasteiger partial charge in [0.1, 0.15) is 0 Å². The Bertz CT molecular complexity index is 655. The third-order valence-corrected chi connectivity index (χ3v) is 5.30. The predicted molar refractivity (Wildman–Crippen MR) is 72.2 cm³/mol. The molecule has 1 aromatic rings. The van der Waals surface area contributed by atoms with Gasteiger partial charge >= 0.3 is 5.97 Å². The maximum absolute atomic E-state index is 12.4. The number of nitro benzene ring substituents is 1. The fourth-order valence-electron chi connectivity index (χ4n) is 2.25. The zero-order valence-corrected chi connectivity index (χ0v) is 11.8. The van der Waals surface area contributed by atoms with Gasteiger partial charge < -0.3 is 5.11 Å². The van der Waals surface area contributed by atoms with E-state index in [0.29, 0.717) is 12.8 Å². The molecule has 0 spiro atoms. The van der Waals surface area contributed by atoms with Gasteiger partial charge in [0, 0.05) is 25.2 Å². The lowest BCUT2D eigenvalue weighted by Gasteiger charge is -2.29. The number of carboxylic acid groups (broad SMARTS) is 1. The summed E-state index contributed by atoms with van der Waals surface area (Å²) in [4.78, 5) is 20.9. The van der Waals surface area contributed by atoms with Gasteiger partial charge in [0.15, 0.2) is 0 Å². The van der Waals surface area contributed by atoms with E-state index in [1.165, 1.54) is 0 Å². The molecule has 0 bridgehead atoms. The number of carboxylic acids is 1. The van der Waals surface area contributed by atoms with Crippen LogP contribution >= 0.6 is 0 Å². The third kappa shape index (κ3) is 3.19. The van der Waals surface area contributed by atoms with Crippen molar-refractivity contribution in [3.05, 3.63) is 34.4 Å². The largest absolute Gasteiger partial charge is 0.481 e. The van der Waals surface area contributed by atoms with E-state index in [1.807, 2.05) is 0 Å². The van der Waals surface area contributed by atoms with Gasteiger partial charge in [-0.25, -0.2) is 8.42 Å². The summed E-state index contributed by atoms with van der Waals surface area (Å²) in [6.45, 7) is 0.178. The quantitative estimate of drug-likeness (QED) is 0.656. The van der Waals surface area contributed by atoms with Gasteiger partial charge in [-0.05, 0) is 25.0 Å². The summed E-state index contributed by atoms with van der Waals surface area (Å²) < 4.78 is 25.9. The van der Waals surface area contributed by atoms with E-state index in [1.54, 1.807) is 0 Å². The number of piperidine rings is 1. The molecule has 0 aromatic heterocycles. The molecule has 1 aromatic carbocycles. The fourth-order valence-corrected chi connectivity index (χ4v) is 3.78. The number of rotatable bonds is 4. The first kappa shape index (κ1) is 15.4. The van der Waals surface area contributed by atoms with Crippen molar-refractivity contribution in [3.63, 3.8) is 0 Å².